The summed E-state index contributed by atoms with van der Waals surface area (Å²) < 4.78 is 0. The van der Waals surface area contributed by atoms with Gasteiger partial charge < -0.3 is 16.5 Å². The van der Waals surface area contributed by atoms with Crippen LogP contribution in [0.5, 0.6) is 0 Å². The van der Waals surface area contributed by atoms with Crippen molar-refractivity contribution in [3.8, 4) is 11.3 Å². The minimum absolute atomic E-state index is 0.0539. The molecule has 0 saturated heterocycles. The topological polar surface area (TPSA) is 119 Å². The van der Waals surface area contributed by atoms with Crippen molar-refractivity contribution < 1.29 is 9.59 Å². The number of nitrogens with two attached hydrogens (primary N) is 2. The van der Waals surface area contributed by atoms with Crippen LogP contribution in [0.3, 0.4) is 0 Å². The number of aromatic nitrogens is 1. The summed E-state index contributed by atoms with van der Waals surface area (Å²) in [6.07, 6.45) is -0.218. The maximum absolute atomic E-state index is 12.0. The van der Waals surface area contributed by atoms with Gasteiger partial charge in [0.15, 0.2) is 11.2 Å². The summed E-state index contributed by atoms with van der Waals surface area (Å²) in [5.41, 5.74) is 14.4. The van der Waals surface area contributed by atoms with Crippen molar-refractivity contribution in [2.75, 3.05) is 5.73 Å². The monoisotopic (exact) mass is 616 g/mol. The van der Waals surface area contributed by atoms with Crippen LogP contribution in [-0.4, -0.2) is 43.5 Å². The Labute approximate surface area is 276 Å². The molecule has 0 bridgehead atoms. The maximum atomic E-state index is 12.0. The number of ketones is 1. The molecule has 1 radical (unpaired) electrons. The summed E-state index contributed by atoms with van der Waals surface area (Å²) in [4.78, 5) is 36.8. The van der Waals surface area contributed by atoms with E-state index in [2.05, 4.69) is 11.5 Å². The average Bonchev–Trinajstić information content (AvgIpc) is 3.09. The van der Waals surface area contributed by atoms with Gasteiger partial charge in [0.1, 0.15) is 0 Å². The van der Waals surface area contributed by atoms with Crippen LogP contribution >= 0.6 is 0 Å². The number of nitrogen functional groups attached to an aromatic ring is 1. The second kappa shape index (κ2) is 28.7. The second-order valence-corrected chi connectivity index (χ2v) is 8.54. The number of amides is 1. The van der Waals surface area contributed by atoms with Gasteiger partial charge in [-0.25, -0.2) is 0 Å². The Bertz CT molecular complexity index is 1570. The van der Waals surface area contributed by atoms with Gasteiger partial charge in [0, 0.05) is 33.9 Å². The van der Waals surface area contributed by atoms with Gasteiger partial charge in [-0.2, -0.15) is 0 Å². The number of Topliss-reactive ketones (excluding diaryl/α,β-unsaturated/α-hetero) is 1. The van der Waals surface area contributed by atoms with Gasteiger partial charge in [0.05, 0.1) is 6.42 Å². The van der Waals surface area contributed by atoms with Gasteiger partial charge >= 0.3 is 40.6 Å². The van der Waals surface area contributed by atoms with Gasteiger partial charge in [0.2, 0.25) is 5.91 Å². The van der Waals surface area contributed by atoms with E-state index in [-0.39, 0.29) is 17.6 Å². The van der Waals surface area contributed by atoms with Crippen molar-refractivity contribution >= 4 is 55.1 Å². The molecule has 1 heterocycles. The zero-order valence-electron chi connectivity index (χ0n) is 28.1. The fraction of sp³-hybridized carbons (Fsp3) is 0.184. The number of pyridine rings is 1. The van der Waals surface area contributed by atoms with E-state index in [9.17, 15) is 14.4 Å². The molecule has 46 heavy (non-hydrogen) atoms. The van der Waals surface area contributed by atoms with E-state index in [1.807, 2.05) is 119 Å². The molecule has 239 valence electrons. The van der Waals surface area contributed by atoms with E-state index >= 15 is 0 Å². The number of carbonyl (C=O) groups excluding carboxylic acids is 2. The van der Waals surface area contributed by atoms with Gasteiger partial charge in [0.25, 0.3) is 0 Å². The molecular formula is C38H48B2N3O3. The summed E-state index contributed by atoms with van der Waals surface area (Å²) in [6.45, 7) is 16.8. The quantitative estimate of drug-likeness (QED) is 0.0844. The van der Waals surface area contributed by atoms with Crippen LogP contribution in [0.15, 0.2) is 126 Å². The van der Waals surface area contributed by atoms with Crippen LogP contribution < -0.4 is 16.9 Å². The molecule has 0 atom stereocenters. The van der Waals surface area contributed by atoms with Gasteiger partial charge in [-0.05, 0) is 29.8 Å². The number of rotatable bonds is 4. The third kappa shape index (κ3) is 19.2. The van der Waals surface area contributed by atoms with Crippen molar-refractivity contribution in [1.82, 2.24) is 4.98 Å². The van der Waals surface area contributed by atoms with E-state index in [0.717, 1.165) is 27.8 Å². The number of anilines is 1. The van der Waals surface area contributed by atoms with Gasteiger partial charge in [-0.15, -0.1) is 0 Å². The number of nitrogens with one attached hydrogen (secondary N) is 1. The Morgan fingerprint density at radius 3 is 1.65 bits per heavy atom. The molecule has 5 aromatic rings. The van der Waals surface area contributed by atoms with Crippen LogP contribution in [-0.2, 0) is 4.79 Å². The first kappa shape index (κ1) is 43.0. The number of para-hydroxylation sites is 2. The zero-order valence-corrected chi connectivity index (χ0v) is 28.1. The molecule has 5 N–H and O–H groups in total. The van der Waals surface area contributed by atoms with E-state index in [1.165, 1.54) is 5.97 Å². The summed E-state index contributed by atoms with van der Waals surface area (Å²) in [6, 6.07) is 37.2. The zero-order chi connectivity index (χ0) is 35.2. The predicted molar refractivity (Wildman–Crippen MR) is 204 cm³/mol. The Kier molecular flexibility index (Phi) is 26.8. The first-order valence-electron chi connectivity index (χ1n) is 15.2. The number of H-pyrrole nitrogens is 1. The fourth-order valence-electron chi connectivity index (χ4n) is 3.31. The van der Waals surface area contributed by atoms with Crippen LogP contribution in [0, 0.1) is 0 Å². The summed E-state index contributed by atoms with van der Waals surface area (Å²) in [5, 5.41) is 0.729. The van der Waals surface area contributed by atoms with Crippen molar-refractivity contribution in [3.05, 3.63) is 137 Å². The molecule has 0 aliphatic heterocycles. The Morgan fingerprint density at radius 2 is 1.22 bits per heavy atom. The SMILES string of the molecule is C=BC.CC.CC.NC(=O)CC(=O)c1ccccc1.Nc1ccccc1.O=c1cc(-c2ccccc2)[nH]c2ccccc12.[B]=CC. The normalized spacial score (nSPS) is 8.37. The third-order valence-electron chi connectivity index (χ3n) is 5.05. The molecule has 4 aromatic carbocycles. The standard InChI is InChI=1S/C15H11NO.C9H9NO2.C6H7N.C2H5B.C2H4B.2C2H6/c17-15-10-14(11-6-2-1-3-7-11)16-13-9-5-4-8-12(13)15;10-9(12)6-8(11)7-4-2-1-3-5-7;7-6-4-2-1-3-5-6;1-3-2;1-2-3;2*1-2/h1-10H,(H,16,17);1-5H,6H2,(H2,10,12);1-5H,7H2;1H2,2H3;2H,1H3;2*1-2H3. The molecule has 6 nitrogen and oxygen atoms in total. The van der Waals surface area contributed by atoms with Crippen LogP contribution in [0.25, 0.3) is 22.2 Å². The van der Waals surface area contributed by atoms with E-state index < -0.39 is 5.91 Å². The number of hydrogen-bond donors (Lipinski definition) is 3. The van der Waals surface area contributed by atoms with E-state index in [4.69, 9.17) is 19.0 Å². The molecule has 0 aliphatic carbocycles. The molecule has 1 aromatic heterocycles. The molecular weight excluding hydrogens is 568 g/mol. The summed E-state index contributed by atoms with van der Waals surface area (Å²) in [5.74, 6) is 0.673. The predicted octanol–water partition coefficient (Wildman–Crippen LogP) is 7.41. The number of aromatic amines is 1. The number of carbonyl (C=O) groups is 2. The third-order valence-corrected chi connectivity index (χ3v) is 5.05. The molecule has 0 spiro atoms. The van der Waals surface area contributed by atoms with Crippen LogP contribution in [0.2, 0.25) is 6.82 Å². The number of benzene rings is 4. The van der Waals surface area contributed by atoms with Gasteiger partial charge in [-0.1, -0.05) is 119 Å². The van der Waals surface area contributed by atoms with Crippen molar-refractivity contribution in [2.45, 2.75) is 47.9 Å². The van der Waals surface area contributed by atoms with Crippen molar-refractivity contribution in [2.24, 2.45) is 5.73 Å². The minimum atomic E-state index is -0.594. The Morgan fingerprint density at radius 1 is 0.804 bits per heavy atom. The number of hydrogen-bond acceptors (Lipinski definition) is 4. The summed E-state index contributed by atoms with van der Waals surface area (Å²) >= 11 is 0. The molecule has 5 rings (SSSR count). The average molecular weight is 616 g/mol. The number of fused-ring (bicyclic) bond motifs is 1. The van der Waals surface area contributed by atoms with Gasteiger partial charge in [-0.3, -0.25) is 14.4 Å². The van der Waals surface area contributed by atoms with Crippen molar-refractivity contribution in [1.29, 1.82) is 0 Å². The molecule has 0 unspecified atom stereocenters. The fourth-order valence-corrected chi connectivity index (χ4v) is 3.31. The Hall–Kier alpha value is -5.10. The molecule has 8 heteroatoms. The first-order valence-corrected chi connectivity index (χ1v) is 15.2. The number of primary amides is 1. The summed E-state index contributed by atoms with van der Waals surface area (Å²) in [7, 11) is 4.72. The van der Waals surface area contributed by atoms with E-state index in [0.29, 0.717) is 5.56 Å². The first-order chi connectivity index (χ1) is 22.3. The van der Waals surface area contributed by atoms with E-state index in [1.54, 1.807) is 50.2 Å². The van der Waals surface area contributed by atoms with Crippen molar-refractivity contribution in [3.63, 3.8) is 0 Å². The van der Waals surface area contributed by atoms with Crippen LogP contribution in [0.1, 0.15) is 51.4 Å². The molecule has 0 saturated carbocycles. The second-order valence-electron chi connectivity index (χ2n) is 8.54. The molecule has 1 amide bonds. The molecule has 0 fully saturated rings. The Balaban J connectivity index is 0. The molecule has 0 aliphatic rings. The van der Waals surface area contributed by atoms with Crippen LogP contribution in [0.4, 0.5) is 5.69 Å².